The van der Waals surface area contributed by atoms with Crippen LogP contribution in [0.15, 0.2) is 77.7 Å². The van der Waals surface area contributed by atoms with Crippen LogP contribution < -0.4 is 9.21 Å². The normalized spacial score (nSPS) is 22.8. The van der Waals surface area contributed by atoms with E-state index < -0.39 is 10.0 Å². The Hall–Kier alpha value is -2.79. The number of hydrogen-bond donors (Lipinski definition) is 0. The third-order valence-corrected chi connectivity index (χ3v) is 8.20. The van der Waals surface area contributed by atoms with Crippen molar-refractivity contribution in [1.29, 1.82) is 0 Å². The predicted octanol–water partition coefficient (Wildman–Crippen LogP) is 4.48. The second-order valence-corrected chi connectivity index (χ2v) is 10.2. The lowest BCUT2D eigenvalue weighted by Crippen LogP contribution is -2.59. The van der Waals surface area contributed by atoms with Gasteiger partial charge in [-0.05, 0) is 48.7 Å². The van der Waals surface area contributed by atoms with E-state index in [4.69, 9.17) is 0 Å². The van der Waals surface area contributed by atoms with E-state index in [1.807, 2.05) is 56.4 Å². The number of likely N-dealkylation sites (N-methyl/N-ethyl adjacent to an activating group) is 1. The SMILES string of the molecule is Cc1ccc(S(=O)(=O)N2c3ccccc3C[C@@]3(C)c4ccccc4N(C)[C@@H]23)cc1. The Kier molecular flexibility index (Phi) is 3.84. The molecule has 29 heavy (non-hydrogen) atoms. The van der Waals surface area contributed by atoms with E-state index in [0.29, 0.717) is 4.90 Å². The number of hydrogen-bond acceptors (Lipinski definition) is 3. The highest BCUT2D eigenvalue weighted by Crippen LogP contribution is 2.53. The molecule has 0 aromatic heterocycles. The number of fused-ring (bicyclic) bond motifs is 4. The minimum Gasteiger partial charge on any atom is -0.352 e. The van der Waals surface area contributed by atoms with E-state index in [9.17, 15) is 8.42 Å². The highest BCUT2D eigenvalue weighted by Gasteiger charge is 2.55. The molecule has 5 rings (SSSR count). The molecule has 0 N–H and O–H groups in total. The van der Waals surface area contributed by atoms with Gasteiger partial charge >= 0.3 is 0 Å². The third-order valence-electron chi connectivity index (χ3n) is 6.42. The average molecular weight is 405 g/mol. The fourth-order valence-corrected chi connectivity index (χ4v) is 6.83. The van der Waals surface area contributed by atoms with Gasteiger partial charge in [0, 0.05) is 18.2 Å². The minimum atomic E-state index is -3.74. The van der Waals surface area contributed by atoms with Crippen LogP contribution in [0.5, 0.6) is 0 Å². The van der Waals surface area contributed by atoms with Gasteiger partial charge in [-0.3, -0.25) is 0 Å². The molecule has 0 bridgehead atoms. The van der Waals surface area contributed by atoms with Gasteiger partial charge in [0.15, 0.2) is 0 Å². The van der Waals surface area contributed by atoms with Crippen LogP contribution >= 0.6 is 0 Å². The molecule has 5 heteroatoms. The zero-order valence-corrected chi connectivity index (χ0v) is 17.6. The molecule has 3 aromatic carbocycles. The molecule has 0 spiro atoms. The fraction of sp³-hybridized carbons (Fsp3) is 0.250. The highest BCUT2D eigenvalue weighted by atomic mass is 32.2. The van der Waals surface area contributed by atoms with Crippen molar-refractivity contribution >= 4 is 21.4 Å². The Morgan fingerprint density at radius 2 is 1.52 bits per heavy atom. The summed E-state index contributed by atoms with van der Waals surface area (Å²) in [4.78, 5) is 2.45. The lowest BCUT2D eigenvalue weighted by atomic mass is 9.74. The van der Waals surface area contributed by atoms with Gasteiger partial charge in [-0.1, -0.05) is 61.0 Å². The Morgan fingerprint density at radius 1 is 0.897 bits per heavy atom. The van der Waals surface area contributed by atoms with Gasteiger partial charge in [0.2, 0.25) is 0 Å². The average Bonchev–Trinajstić information content (AvgIpc) is 2.94. The van der Waals surface area contributed by atoms with Crippen molar-refractivity contribution in [1.82, 2.24) is 0 Å². The highest BCUT2D eigenvalue weighted by molar-refractivity contribution is 7.92. The predicted molar refractivity (Wildman–Crippen MR) is 117 cm³/mol. The monoisotopic (exact) mass is 404 g/mol. The maximum absolute atomic E-state index is 13.9. The summed E-state index contributed by atoms with van der Waals surface area (Å²) < 4.78 is 29.5. The quantitative estimate of drug-likeness (QED) is 0.632. The van der Waals surface area contributed by atoms with E-state index in [-0.39, 0.29) is 11.6 Å². The second kappa shape index (κ2) is 6.10. The summed E-state index contributed by atoms with van der Waals surface area (Å²) in [6.07, 6.45) is 0.482. The van der Waals surface area contributed by atoms with Gasteiger partial charge in [0.05, 0.1) is 10.6 Å². The zero-order valence-electron chi connectivity index (χ0n) is 16.8. The summed E-state index contributed by atoms with van der Waals surface area (Å²) >= 11 is 0. The topological polar surface area (TPSA) is 40.6 Å². The Morgan fingerprint density at radius 3 is 2.24 bits per heavy atom. The molecular formula is C24H24N2O2S. The first-order chi connectivity index (χ1) is 13.8. The van der Waals surface area contributed by atoms with Crippen molar-refractivity contribution in [2.75, 3.05) is 16.3 Å². The van der Waals surface area contributed by atoms with Crippen LogP contribution in [0.3, 0.4) is 0 Å². The first-order valence-electron chi connectivity index (χ1n) is 9.85. The summed E-state index contributed by atoms with van der Waals surface area (Å²) in [5.41, 5.74) is 4.83. The smallest absolute Gasteiger partial charge is 0.266 e. The molecule has 0 unspecified atom stereocenters. The van der Waals surface area contributed by atoms with Crippen LogP contribution in [0, 0.1) is 6.92 Å². The van der Waals surface area contributed by atoms with Crippen molar-refractivity contribution in [3.8, 4) is 0 Å². The molecule has 2 aliphatic rings. The maximum Gasteiger partial charge on any atom is 0.266 e. The van der Waals surface area contributed by atoms with E-state index in [2.05, 4.69) is 30.0 Å². The number of aryl methyl sites for hydroxylation is 1. The number of nitrogens with zero attached hydrogens (tertiary/aromatic N) is 2. The van der Waals surface area contributed by atoms with Crippen LogP contribution in [0.2, 0.25) is 0 Å². The summed E-state index contributed by atoms with van der Waals surface area (Å²) in [7, 11) is -1.74. The molecule has 2 atom stereocenters. The third kappa shape index (κ3) is 2.47. The minimum absolute atomic E-state index is 0.318. The maximum atomic E-state index is 13.9. The van der Waals surface area contributed by atoms with Crippen LogP contribution in [0.1, 0.15) is 23.6 Å². The van der Waals surface area contributed by atoms with Gasteiger partial charge in [-0.15, -0.1) is 0 Å². The molecule has 2 aliphatic heterocycles. The molecule has 0 saturated carbocycles. The van der Waals surface area contributed by atoms with Crippen LogP contribution in [-0.4, -0.2) is 21.6 Å². The molecule has 4 nitrogen and oxygen atoms in total. The zero-order chi connectivity index (χ0) is 20.4. The van der Waals surface area contributed by atoms with Gasteiger partial charge < -0.3 is 4.90 Å². The number of benzene rings is 3. The first-order valence-corrected chi connectivity index (χ1v) is 11.3. The van der Waals surface area contributed by atoms with E-state index in [0.717, 1.165) is 28.9 Å². The molecule has 0 aliphatic carbocycles. The van der Waals surface area contributed by atoms with Crippen molar-refractivity contribution in [3.63, 3.8) is 0 Å². The Balaban J connectivity index is 1.77. The summed E-state index contributed by atoms with van der Waals surface area (Å²) in [5, 5.41) is 0. The number of para-hydroxylation sites is 2. The lowest BCUT2D eigenvalue weighted by Gasteiger charge is -2.47. The van der Waals surface area contributed by atoms with Crippen LogP contribution in [-0.2, 0) is 21.9 Å². The summed E-state index contributed by atoms with van der Waals surface area (Å²) in [5.74, 6) is 0. The number of anilines is 2. The van der Waals surface area contributed by atoms with Crippen LogP contribution in [0.25, 0.3) is 0 Å². The Labute approximate surface area is 172 Å². The number of sulfonamides is 1. The lowest BCUT2D eigenvalue weighted by molar-refractivity contribution is 0.380. The molecule has 3 aromatic rings. The van der Waals surface area contributed by atoms with E-state index in [1.54, 1.807) is 16.4 Å². The van der Waals surface area contributed by atoms with Gasteiger partial charge in [-0.25, -0.2) is 12.7 Å². The van der Waals surface area contributed by atoms with Crippen molar-refractivity contribution in [2.24, 2.45) is 0 Å². The van der Waals surface area contributed by atoms with Crippen molar-refractivity contribution in [3.05, 3.63) is 89.5 Å². The molecule has 148 valence electrons. The molecular weight excluding hydrogens is 380 g/mol. The molecule has 0 fully saturated rings. The van der Waals surface area contributed by atoms with Crippen molar-refractivity contribution in [2.45, 2.75) is 36.7 Å². The largest absolute Gasteiger partial charge is 0.352 e. The standard InChI is InChI=1S/C24H24N2O2S/c1-17-12-14-19(15-13-17)29(27,28)26-21-10-6-4-8-18(21)16-24(2)20-9-5-7-11-22(20)25(3)23(24)26/h4-15,23H,16H2,1-3H3/t23-,24-/m0/s1. The first kappa shape index (κ1) is 18.3. The van der Waals surface area contributed by atoms with Crippen LogP contribution in [0.4, 0.5) is 11.4 Å². The number of rotatable bonds is 2. The van der Waals surface area contributed by atoms with Crippen molar-refractivity contribution < 1.29 is 8.42 Å². The van der Waals surface area contributed by atoms with Gasteiger partial charge in [-0.2, -0.15) is 0 Å². The van der Waals surface area contributed by atoms with Gasteiger partial charge in [0.1, 0.15) is 6.17 Å². The molecule has 0 amide bonds. The van der Waals surface area contributed by atoms with Gasteiger partial charge in [0.25, 0.3) is 10.0 Å². The summed E-state index contributed by atoms with van der Waals surface area (Å²) in [6, 6.07) is 23.3. The fourth-order valence-electron chi connectivity index (χ4n) is 5.05. The molecule has 0 saturated heterocycles. The second-order valence-electron chi connectivity index (χ2n) is 8.34. The van der Waals surface area contributed by atoms with E-state index in [1.165, 1.54) is 5.56 Å². The molecule has 2 heterocycles. The van der Waals surface area contributed by atoms with E-state index >= 15 is 0 Å². The summed E-state index contributed by atoms with van der Waals surface area (Å²) in [6.45, 7) is 4.15. The Bertz CT molecular complexity index is 1200. The molecule has 0 radical (unpaired) electrons.